The summed E-state index contributed by atoms with van der Waals surface area (Å²) in [5.41, 5.74) is 0. The van der Waals surface area contributed by atoms with Crippen molar-refractivity contribution in [2.24, 2.45) is 0 Å². The molecule has 1 unspecified atom stereocenters. The first-order valence-corrected chi connectivity index (χ1v) is 3.63. The van der Waals surface area contributed by atoms with E-state index in [1.165, 1.54) is 0 Å². The van der Waals surface area contributed by atoms with Gasteiger partial charge in [0.05, 0.1) is 6.54 Å². The van der Waals surface area contributed by atoms with E-state index in [2.05, 4.69) is 15.5 Å². The Kier molecular flexibility index (Phi) is 1.35. The second-order valence-corrected chi connectivity index (χ2v) is 2.75. The second kappa shape index (κ2) is 2.21. The number of amides is 1. The van der Waals surface area contributed by atoms with E-state index in [-0.39, 0.29) is 12.2 Å². The van der Waals surface area contributed by atoms with Crippen LogP contribution in [0.2, 0.25) is 0 Å². The normalized spacial score (nSPS) is 33.6. The van der Waals surface area contributed by atoms with Gasteiger partial charge in [0.1, 0.15) is 6.29 Å². The molecule has 2 saturated heterocycles. The third kappa shape index (κ3) is 0.892. The predicted octanol–water partition coefficient (Wildman–Crippen LogP) is -1.30. The first-order chi connectivity index (χ1) is 4.86. The van der Waals surface area contributed by atoms with E-state index in [0.717, 1.165) is 19.5 Å². The van der Waals surface area contributed by atoms with Gasteiger partial charge in [0, 0.05) is 6.54 Å². The first kappa shape index (κ1) is 6.12. The fourth-order valence-corrected chi connectivity index (χ4v) is 1.47. The molecule has 56 valence electrons. The Balaban J connectivity index is 2.04. The van der Waals surface area contributed by atoms with E-state index in [9.17, 15) is 4.79 Å². The van der Waals surface area contributed by atoms with Crippen molar-refractivity contribution in [1.29, 1.82) is 0 Å². The molecule has 0 aromatic heterocycles. The molecule has 0 radical (unpaired) electrons. The minimum absolute atomic E-state index is 0.126. The van der Waals surface area contributed by atoms with Crippen molar-refractivity contribution in [1.82, 2.24) is 15.5 Å². The lowest BCUT2D eigenvalue weighted by atomic mass is 10.3. The molecule has 0 aromatic rings. The quantitative estimate of drug-likeness (QED) is 0.440. The van der Waals surface area contributed by atoms with Gasteiger partial charge in [0.25, 0.3) is 0 Å². The molecule has 0 bridgehead atoms. The highest BCUT2D eigenvalue weighted by molar-refractivity contribution is 5.80. The minimum Gasteiger partial charge on any atom is -0.327 e. The molecule has 0 aliphatic carbocycles. The van der Waals surface area contributed by atoms with Gasteiger partial charge >= 0.3 is 0 Å². The van der Waals surface area contributed by atoms with E-state index in [1.807, 2.05) is 0 Å². The standard InChI is InChI=1S/C6H11N3O/c10-5-4-9-3-1-2-7-6(9)8-5/h6-7H,1-4H2,(H,8,10). The van der Waals surface area contributed by atoms with Gasteiger partial charge in [0.2, 0.25) is 5.91 Å². The highest BCUT2D eigenvalue weighted by atomic mass is 16.2. The summed E-state index contributed by atoms with van der Waals surface area (Å²) in [5, 5.41) is 6.04. The third-order valence-electron chi connectivity index (χ3n) is 1.97. The summed E-state index contributed by atoms with van der Waals surface area (Å²) in [6.45, 7) is 2.62. The van der Waals surface area contributed by atoms with Crippen molar-refractivity contribution in [3.05, 3.63) is 0 Å². The van der Waals surface area contributed by atoms with Crippen molar-refractivity contribution in [2.45, 2.75) is 12.7 Å². The van der Waals surface area contributed by atoms with Crippen LogP contribution >= 0.6 is 0 Å². The smallest absolute Gasteiger partial charge is 0.236 e. The molecule has 0 aromatic carbocycles. The maximum absolute atomic E-state index is 10.8. The van der Waals surface area contributed by atoms with Gasteiger partial charge in [-0.2, -0.15) is 0 Å². The lowest BCUT2D eigenvalue weighted by Crippen LogP contribution is -2.52. The molecule has 2 N–H and O–H groups in total. The maximum atomic E-state index is 10.8. The molecule has 2 heterocycles. The van der Waals surface area contributed by atoms with Gasteiger partial charge in [0.15, 0.2) is 0 Å². The number of carbonyl (C=O) groups excluding carboxylic acids is 1. The molecule has 0 spiro atoms. The van der Waals surface area contributed by atoms with Crippen molar-refractivity contribution < 1.29 is 4.79 Å². The number of carbonyl (C=O) groups is 1. The molecule has 4 heteroatoms. The molecule has 2 aliphatic rings. The van der Waals surface area contributed by atoms with Crippen LogP contribution in [0, 0.1) is 0 Å². The van der Waals surface area contributed by atoms with Crippen LogP contribution in [0.5, 0.6) is 0 Å². The number of rotatable bonds is 0. The molecule has 4 nitrogen and oxygen atoms in total. The van der Waals surface area contributed by atoms with Crippen LogP contribution in [-0.4, -0.2) is 36.7 Å². The third-order valence-corrected chi connectivity index (χ3v) is 1.97. The maximum Gasteiger partial charge on any atom is 0.236 e. The Bertz CT molecular complexity index is 143. The fraction of sp³-hybridized carbons (Fsp3) is 0.833. The Morgan fingerprint density at radius 2 is 2.50 bits per heavy atom. The largest absolute Gasteiger partial charge is 0.327 e. The molecule has 2 aliphatic heterocycles. The van der Waals surface area contributed by atoms with Crippen molar-refractivity contribution in [3.63, 3.8) is 0 Å². The van der Waals surface area contributed by atoms with Crippen LogP contribution < -0.4 is 10.6 Å². The summed E-state index contributed by atoms with van der Waals surface area (Å²) < 4.78 is 0. The molecule has 10 heavy (non-hydrogen) atoms. The first-order valence-electron chi connectivity index (χ1n) is 3.63. The highest BCUT2D eigenvalue weighted by Crippen LogP contribution is 2.06. The van der Waals surface area contributed by atoms with Gasteiger partial charge in [-0.3, -0.25) is 15.0 Å². The Hall–Kier alpha value is -0.610. The fourth-order valence-electron chi connectivity index (χ4n) is 1.47. The van der Waals surface area contributed by atoms with Crippen LogP contribution in [0.15, 0.2) is 0 Å². The lowest BCUT2D eigenvalue weighted by Gasteiger charge is -2.28. The number of nitrogens with one attached hydrogen (secondary N) is 2. The molecular weight excluding hydrogens is 130 g/mol. The lowest BCUT2D eigenvalue weighted by molar-refractivity contribution is -0.118. The predicted molar refractivity (Wildman–Crippen MR) is 36.1 cm³/mol. The second-order valence-electron chi connectivity index (χ2n) is 2.75. The number of hydrogen-bond donors (Lipinski definition) is 2. The van der Waals surface area contributed by atoms with Crippen molar-refractivity contribution in [2.75, 3.05) is 19.6 Å². The van der Waals surface area contributed by atoms with Gasteiger partial charge < -0.3 is 5.32 Å². The highest BCUT2D eigenvalue weighted by Gasteiger charge is 2.30. The van der Waals surface area contributed by atoms with Crippen molar-refractivity contribution in [3.8, 4) is 0 Å². The number of hydrogen-bond acceptors (Lipinski definition) is 3. The average molecular weight is 141 g/mol. The van der Waals surface area contributed by atoms with Gasteiger partial charge in [-0.15, -0.1) is 0 Å². The van der Waals surface area contributed by atoms with Gasteiger partial charge in [-0.1, -0.05) is 0 Å². The van der Waals surface area contributed by atoms with Crippen molar-refractivity contribution >= 4 is 5.91 Å². The molecule has 2 fully saturated rings. The van der Waals surface area contributed by atoms with Crippen LogP contribution in [0.25, 0.3) is 0 Å². The Morgan fingerprint density at radius 1 is 1.60 bits per heavy atom. The number of nitrogens with zero attached hydrogens (tertiary/aromatic N) is 1. The van der Waals surface area contributed by atoms with E-state index >= 15 is 0 Å². The van der Waals surface area contributed by atoms with E-state index in [1.54, 1.807) is 0 Å². The summed E-state index contributed by atoms with van der Waals surface area (Å²) in [6, 6.07) is 0. The topological polar surface area (TPSA) is 44.4 Å². The molecular formula is C6H11N3O. The van der Waals surface area contributed by atoms with Gasteiger partial charge in [-0.05, 0) is 13.0 Å². The molecule has 0 saturated carbocycles. The summed E-state index contributed by atoms with van der Waals surface area (Å²) in [5.74, 6) is 0.138. The molecule has 1 atom stereocenters. The Labute approximate surface area is 59.6 Å². The molecule has 2 rings (SSSR count). The van der Waals surface area contributed by atoms with E-state index < -0.39 is 0 Å². The van der Waals surface area contributed by atoms with Crippen LogP contribution in [-0.2, 0) is 4.79 Å². The summed E-state index contributed by atoms with van der Waals surface area (Å²) in [4.78, 5) is 12.9. The minimum atomic E-state index is 0.126. The van der Waals surface area contributed by atoms with Crippen LogP contribution in [0.1, 0.15) is 6.42 Å². The van der Waals surface area contributed by atoms with E-state index in [0.29, 0.717) is 6.54 Å². The number of fused-ring (bicyclic) bond motifs is 1. The average Bonchev–Trinajstić information content (AvgIpc) is 2.27. The monoisotopic (exact) mass is 141 g/mol. The summed E-state index contributed by atoms with van der Waals surface area (Å²) in [6.07, 6.45) is 1.27. The summed E-state index contributed by atoms with van der Waals surface area (Å²) in [7, 11) is 0. The zero-order valence-corrected chi connectivity index (χ0v) is 5.76. The Morgan fingerprint density at radius 3 is 3.30 bits per heavy atom. The van der Waals surface area contributed by atoms with Crippen LogP contribution in [0.3, 0.4) is 0 Å². The molecule has 1 amide bonds. The zero-order valence-electron chi connectivity index (χ0n) is 5.76. The zero-order chi connectivity index (χ0) is 6.97. The van der Waals surface area contributed by atoms with Gasteiger partial charge in [-0.25, -0.2) is 0 Å². The summed E-state index contributed by atoms with van der Waals surface area (Å²) >= 11 is 0. The van der Waals surface area contributed by atoms with E-state index in [4.69, 9.17) is 0 Å². The van der Waals surface area contributed by atoms with Crippen LogP contribution in [0.4, 0.5) is 0 Å². The SMILES string of the molecule is O=C1CN2CCCNC2N1.